The Morgan fingerprint density at radius 2 is 1.96 bits per heavy atom. The molecule has 6 nitrogen and oxygen atoms in total. The van der Waals surface area contributed by atoms with Gasteiger partial charge in [0, 0.05) is 43.7 Å². The average Bonchev–Trinajstić information content (AvgIpc) is 2.67. The fraction of sp³-hybridized carbons (Fsp3) is 0.579. The minimum atomic E-state index is -0.214. The van der Waals surface area contributed by atoms with E-state index in [2.05, 4.69) is 60.7 Å². The third-order valence-corrected chi connectivity index (χ3v) is 5.18. The van der Waals surface area contributed by atoms with E-state index in [-0.39, 0.29) is 35.9 Å². The van der Waals surface area contributed by atoms with Gasteiger partial charge in [-0.25, -0.2) is 0 Å². The molecule has 0 aromatic heterocycles. The van der Waals surface area contributed by atoms with Crippen molar-refractivity contribution in [2.45, 2.75) is 32.4 Å². The van der Waals surface area contributed by atoms with E-state index >= 15 is 0 Å². The molecule has 152 valence electrons. The summed E-state index contributed by atoms with van der Waals surface area (Å²) >= 11 is 3.48. The van der Waals surface area contributed by atoms with E-state index < -0.39 is 0 Å². The molecule has 0 bridgehead atoms. The van der Waals surface area contributed by atoms with Crippen molar-refractivity contribution in [3.63, 3.8) is 0 Å². The van der Waals surface area contributed by atoms with Crippen molar-refractivity contribution in [3.05, 3.63) is 34.3 Å². The van der Waals surface area contributed by atoms with Crippen LogP contribution in [0.15, 0.2) is 33.7 Å². The third kappa shape index (κ3) is 8.35. The van der Waals surface area contributed by atoms with Crippen molar-refractivity contribution in [1.82, 2.24) is 15.5 Å². The molecule has 1 atom stereocenters. The molecule has 1 saturated heterocycles. The monoisotopic (exact) mass is 552 g/mol. The Morgan fingerprint density at radius 1 is 1.33 bits per heavy atom. The van der Waals surface area contributed by atoms with Crippen molar-refractivity contribution < 1.29 is 9.53 Å². The first kappa shape index (κ1) is 24.2. The fourth-order valence-electron chi connectivity index (χ4n) is 3.01. The highest BCUT2D eigenvalue weighted by Crippen LogP contribution is 2.16. The standard InChI is InChI=1S/C19H29BrN4O2.HI/c1-14(18(25)26-3)12-22-19(21-2)23-17-8-10-24(11-9-17)13-15-4-6-16(20)7-5-15;/h4-7,14,17H,8-13H2,1-3H3,(H2,21,22,23);1H. The Hall–Kier alpha value is -0.870. The van der Waals surface area contributed by atoms with Gasteiger partial charge in [-0.15, -0.1) is 24.0 Å². The molecule has 27 heavy (non-hydrogen) atoms. The predicted molar refractivity (Wildman–Crippen MR) is 124 cm³/mol. The van der Waals surface area contributed by atoms with Crippen LogP contribution >= 0.6 is 39.9 Å². The lowest BCUT2D eigenvalue weighted by Crippen LogP contribution is -2.49. The van der Waals surface area contributed by atoms with Gasteiger partial charge in [0.25, 0.3) is 0 Å². The molecule has 0 amide bonds. The SMILES string of the molecule is CN=C(NCC(C)C(=O)OC)NC1CCN(Cc2ccc(Br)cc2)CC1.I. The topological polar surface area (TPSA) is 66.0 Å². The molecule has 1 aliphatic heterocycles. The number of hydrogen-bond acceptors (Lipinski definition) is 4. The van der Waals surface area contributed by atoms with Gasteiger partial charge in [0.2, 0.25) is 0 Å². The second-order valence-electron chi connectivity index (χ2n) is 6.70. The molecule has 1 unspecified atom stereocenters. The first-order chi connectivity index (χ1) is 12.5. The Bertz CT molecular complexity index is 604. The number of methoxy groups -OCH3 is 1. The molecule has 2 rings (SSSR count). The minimum absolute atomic E-state index is 0. The molecule has 1 heterocycles. The summed E-state index contributed by atoms with van der Waals surface area (Å²) in [5.41, 5.74) is 1.34. The van der Waals surface area contributed by atoms with E-state index in [1.807, 2.05) is 6.92 Å². The van der Waals surface area contributed by atoms with Gasteiger partial charge in [-0.3, -0.25) is 14.7 Å². The lowest BCUT2D eigenvalue weighted by Gasteiger charge is -2.33. The molecule has 1 aromatic rings. The number of carbonyl (C=O) groups is 1. The predicted octanol–water partition coefficient (Wildman–Crippen LogP) is 3.01. The second-order valence-corrected chi connectivity index (χ2v) is 7.61. The molecular formula is C19H30BrIN4O2. The molecule has 0 radical (unpaired) electrons. The van der Waals surface area contributed by atoms with Crippen molar-refractivity contribution >= 4 is 51.8 Å². The molecule has 0 saturated carbocycles. The van der Waals surface area contributed by atoms with Gasteiger partial charge in [-0.2, -0.15) is 0 Å². The maximum atomic E-state index is 11.5. The largest absolute Gasteiger partial charge is 0.469 e. The van der Waals surface area contributed by atoms with Crippen LogP contribution in [0.2, 0.25) is 0 Å². The zero-order valence-corrected chi connectivity index (χ0v) is 20.1. The summed E-state index contributed by atoms with van der Waals surface area (Å²) in [6.07, 6.45) is 2.15. The molecule has 1 aliphatic rings. The zero-order valence-electron chi connectivity index (χ0n) is 16.2. The fourth-order valence-corrected chi connectivity index (χ4v) is 3.27. The number of aliphatic imine (C=N–C) groups is 1. The van der Waals surface area contributed by atoms with Crippen LogP contribution in [-0.4, -0.2) is 56.7 Å². The summed E-state index contributed by atoms with van der Waals surface area (Å²) in [4.78, 5) is 18.2. The number of halogens is 2. The summed E-state index contributed by atoms with van der Waals surface area (Å²) in [6.45, 7) is 5.46. The van der Waals surface area contributed by atoms with Crippen LogP contribution in [-0.2, 0) is 16.1 Å². The summed E-state index contributed by atoms with van der Waals surface area (Å²) in [6, 6.07) is 8.92. The Morgan fingerprint density at radius 3 is 2.52 bits per heavy atom. The molecule has 8 heteroatoms. The number of benzene rings is 1. The number of guanidine groups is 1. The first-order valence-electron chi connectivity index (χ1n) is 9.03. The highest BCUT2D eigenvalue weighted by Gasteiger charge is 2.20. The van der Waals surface area contributed by atoms with Gasteiger partial charge in [0.05, 0.1) is 13.0 Å². The first-order valence-corrected chi connectivity index (χ1v) is 9.83. The van der Waals surface area contributed by atoms with Gasteiger partial charge in [0.15, 0.2) is 5.96 Å². The summed E-state index contributed by atoms with van der Waals surface area (Å²) in [7, 11) is 3.16. The minimum Gasteiger partial charge on any atom is -0.469 e. The molecular weight excluding hydrogens is 523 g/mol. The second kappa shape index (κ2) is 12.6. The number of hydrogen-bond donors (Lipinski definition) is 2. The van der Waals surface area contributed by atoms with E-state index in [4.69, 9.17) is 4.74 Å². The van der Waals surface area contributed by atoms with Gasteiger partial charge >= 0.3 is 5.97 Å². The maximum absolute atomic E-state index is 11.5. The van der Waals surface area contributed by atoms with E-state index in [1.54, 1.807) is 7.05 Å². The number of rotatable bonds is 6. The van der Waals surface area contributed by atoms with Crippen LogP contribution in [0.3, 0.4) is 0 Å². The molecule has 2 N–H and O–H groups in total. The number of esters is 1. The van der Waals surface area contributed by atoms with Gasteiger partial charge < -0.3 is 15.4 Å². The van der Waals surface area contributed by atoms with Crippen molar-refractivity contribution in [2.24, 2.45) is 10.9 Å². The summed E-state index contributed by atoms with van der Waals surface area (Å²) in [5.74, 6) is 0.327. The lowest BCUT2D eigenvalue weighted by atomic mass is 10.0. The van der Waals surface area contributed by atoms with Gasteiger partial charge in [-0.05, 0) is 30.5 Å². The van der Waals surface area contributed by atoms with Crippen molar-refractivity contribution in [2.75, 3.05) is 33.8 Å². The smallest absolute Gasteiger partial charge is 0.310 e. The number of carbonyl (C=O) groups excluding carboxylic acids is 1. The summed E-state index contributed by atoms with van der Waals surface area (Å²) < 4.78 is 5.86. The summed E-state index contributed by atoms with van der Waals surface area (Å²) in [5, 5.41) is 6.67. The molecule has 0 spiro atoms. The lowest BCUT2D eigenvalue weighted by molar-refractivity contribution is -0.144. The number of ether oxygens (including phenoxy) is 1. The van der Waals surface area contributed by atoms with E-state index in [9.17, 15) is 4.79 Å². The Balaban J connectivity index is 0.00000364. The van der Waals surface area contributed by atoms with E-state index in [0.717, 1.165) is 42.9 Å². The third-order valence-electron chi connectivity index (χ3n) is 4.65. The van der Waals surface area contributed by atoms with Gasteiger partial charge in [0.1, 0.15) is 0 Å². The van der Waals surface area contributed by atoms with Crippen LogP contribution in [0, 0.1) is 5.92 Å². The van der Waals surface area contributed by atoms with Crippen LogP contribution in [0.5, 0.6) is 0 Å². The number of nitrogens with zero attached hydrogens (tertiary/aromatic N) is 2. The Kier molecular flexibility index (Phi) is 11.2. The number of likely N-dealkylation sites (tertiary alicyclic amines) is 1. The molecule has 0 aliphatic carbocycles. The van der Waals surface area contributed by atoms with Crippen LogP contribution < -0.4 is 10.6 Å². The quantitative estimate of drug-likeness (QED) is 0.246. The highest BCUT2D eigenvalue weighted by atomic mass is 127. The van der Waals surface area contributed by atoms with E-state index in [0.29, 0.717) is 12.6 Å². The highest BCUT2D eigenvalue weighted by molar-refractivity contribution is 14.0. The van der Waals surface area contributed by atoms with Crippen LogP contribution in [0.25, 0.3) is 0 Å². The molecule has 1 aromatic carbocycles. The van der Waals surface area contributed by atoms with Crippen LogP contribution in [0.1, 0.15) is 25.3 Å². The van der Waals surface area contributed by atoms with Crippen LogP contribution in [0.4, 0.5) is 0 Å². The normalized spacial score (nSPS) is 17.0. The van der Waals surface area contributed by atoms with Crippen molar-refractivity contribution in [3.8, 4) is 0 Å². The maximum Gasteiger partial charge on any atom is 0.310 e. The van der Waals surface area contributed by atoms with Crippen molar-refractivity contribution in [1.29, 1.82) is 0 Å². The van der Waals surface area contributed by atoms with Gasteiger partial charge in [-0.1, -0.05) is 35.0 Å². The molecule has 1 fully saturated rings. The number of piperidine rings is 1. The Labute approximate surface area is 187 Å². The van der Waals surface area contributed by atoms with E-state index in [1.165, 1.54) is 12.7 Å². The zero-order chi connectivity index (χ0) is 18.9. The number of nitrogens with one attached hydrogen (secondary N) is 2. The average molecular weight is 553 g/mol.